The van der Waals surface area contributed by atoms with E-state index in [1.165, 1.54) is 0 Å². The molecular weight excluding hydrogens is 218 g/mol. The smallest absolute Gasteiger partial charge is 0.310 e. The Bertz CT molecular complexity index is 278. The largest absolute Gasteiger partial charge is 0.481 e. The molecule has 2 atom stereocenters. The van der Waals surface area contributed by atoms with Crippen molar-refractivity contribution in [3.05, 3.63) is 12.2 Å². The van der Waals surface area contributed by atoms with Gasteiger partial charge in [-0.05, 0) is 19.4 Å². The molecule has 1 aliphatic rings. The van der Waals surface area contributed by atoms with Crippen molar-refractivity contribution >= 4 is 5.97 Å². The number of hydrogen-bond donors (Lipinski definition) is 1. The van der Waals surface area contributed by atoms with Gasteiger partial charge in [-0.25, -0.2) is 0 Å². The standard InChI is InChI=1S/C13H23NO3/c1-4-6-14(7-10(3)5-2)12-9-17-8-11(12)13(15)16/h11-12H,3-9H2,1-2H3,(H,15,16). The summed E-state index contributed by atoms with van der Waals surface area (Å²) < 4.78 is 5.32. The molecule has 4 heteroatoms. The molecule has 0 aromatic rings. The van der Waals surface area contributed by atoms with E-state index < -0.39 is 11.9 Å². The van der Waals surface area contributed by atoms with E-state index in [2.05, 4.69) is 25.3 Å². The van der Waals surface area contributed by atoms with Crippen molar-refractivity contribution in [3.8, 4) is 0 Å². The second-order valence-electron chi connectivity index (χ2n) is 4.62. The summed E-state index contributed by atoms with van der Waals surface area (Å²) in [5.41, 5.74) is 1.15. The van der Waals surface area contributed by atoms with E-state index in [1.54, 1.807) is 0 Å². The molecule has 0 radical (unpaired) electrons. The van der Waals surface area contributed by atoms with Gasteiger partial charge in [0.15, 0.2) is 0 Å². The lowest BCUT2D eigenvalue weighted by Crippen LogP contribution is -2.44. The zero-order valence-electron chi connectivity index (χ0n) is 10.8. The van der Waals surface area contributed by atoms with Crippen LogP contribution in [0.4, 0.5) is 0 Å². The Hall–Kier alpha value is -0.870. The molecule has 1 heterocycles. The number of rotatable bonds is 7. The summed E-state index contributed by atoms with van der Waals surface area (Å²) in [5.74, 6) is -1.15. The minimum Gasteiger partial charge on any atom is -0.481 e. The predicted molar refractivity (Wildman–Crippen MR) is 67.0 cm³/mol. The van der Waals surface area contributed by atoms with Crippen molar-refractivity contribution < 1.29 is 14.6 Å². The molecule has 0 saturated carbocycles. The molecular formula is C13H23NO3. The number of aliphatic carboxylic acids is 1. The van der Waals surface area contributed by atoms with Crippen LogP contribution < -0.4 is 0 Å². The summed E-state index contributed by atoms with van der Waals surface area (Å²) in [6, 6.07) is -0.00394. The van der Waals surface area contributed by atoms with Crippen LogP contribution in [0.15, 0.2) is 12.2 Å². The summed E-state index contributed by atoms with van der Waals surface area (Å²) in [6.45, 7) is 10.7. The monoisotopic (exact) mass is 241 g/mol. The van der Waals surface area contributed by atoms with Crippen molar-refractivity contribution in [2.75, 3.05) is 26.3 Å². The van der Waals surface area contributed by atoms with E-state index in [0.717, 1.165) is 31.5 Å². The van der Waals surface area contributed by atoms with E-state index in [9.17, 15) is 4.79 Å². The molecule has 0 spiro atoms. The van der Waals surface area contributed by atoms with Crippen molar-refractivity contribution in [2.45, 2.75) is 32.7 Å². The van der Waals surface area contributed by atoms with Crippen molar-refractivity contribution in [3.63, 3.8) is 0 Å². The number of hydrogen-bond acceptors (Lipinski definition) is 3. The van der Waals surface area contributed by atoms with E-state index >= 15 is 0 Å². The zero-order valence-corrected chi connectivity index (χ0v) is 10.8. The van der Waals surface area contributed by atoms with Gasteiger partial charge in [0.05, 0.1) is 19.1 Å². The highest BCUT2D eigenvalue weighted by Gasteiger charge is 2.37. The van der Waals surface area contributed by atoms with Gasteiger partial charge in [0.2, 0.25) is 0 Å². The van der Waals surface area contributed by atoms with Crippen LogP contribution in [-0.2, 0) is 9.53 Å². The average Bonchev–Trinajstić information content (AvgIpc) is 2.77. The van der Waals surface area contributed by atoms with Crippen LogP contribution in [0, 0.1) is 5.92 Å². The van der Waals surface area contributed by atoms with Gasteiger partial charge in [0.1, 0.15) is 0 Å². The van der Waals surface area contributed by atoms with Crippen molar-refractivity contribution in [2.24, 2.45) is 5.92 Å². The second-order valence-corrected chi connectivity index (χ2v) is 4.62. The van der Waals surface area contributed by atoms with Gasteiger partial charge < -0.3 is 9.84 Å². The maximum atomic E-state index is 11.1. The maximum Gasteiger partial charge on any atom is 0.310 e. The van der Waals surface area contributed by atoms with Gasteiger partial charge in [0, 0.05) is 12.6 Å². The topological polar surface area (TPSA) is 49.8 Å². The highest BCUT2D eigenvalue weighted by molar-refractivity contribution is 5.71. The highest BCUT2D eigenvalue weighted by Crippen LogP contribution is 2.21. The number of carboxylic acid groups (broad SMARTS) is 1. The van der Waals surface area contributed by atoms with Crippen LogP contribution in [-0.4, -0.2) is 48.3 Å². The molecule has 1 saturated heterocycles. The van der Waals surface area contributed by atoms with Gasteiger partial charge in [-0.2, -0.15) is 0 Å². The van der Waals surface area contributed by atoms with Gasteiger partial charge in [0.25, 0.3) is 0 Å². The first-order valence-corrected chi connectivity index (χ1v) is 6.31. The maximum absolute atomic E-state index is 11.1. The van der Waals surface area contributed by atoms with Gasteiger partial charge >= 0.3 is 5.97 Å². The van der Waals surface area contributed by atoms with Crippen LogP contribution in [0.2, 0.25) is 0 Å². The Balaban J connectivity index is 2.68. The summed E-state index contributed by atoms with van der Waals surface area (Å²) in [4.78, 5) is 13.4. The Kier molecular flexibility index (Phi) is 5.65. The predicted octanol–water partition coefficient (Wildman–Crippen LogP) is 1.76. The third kappa shape index (κ3) is 3.82. The van der Waals surface area contributed by atoms with Crippen LogP contribution >= 0.6 is 0 Å². The number of carboxylic acids is 1. The van der Waals surface area contributed by atoms with E-state index in [4.69, 9.17) is 9.84 Å². The Morgan fingerprint density at radius 2 is 2.18 bits per heavy atom. The normalized spacial score (nSPS) is 24.2. The zero-order chi connectivity index (χ0) is 12.8. The molecule has 1 rings (SSSR count). The van der Waals surface area contributed by atoms with Crippen LogP contribution in [0.1, 0.15) is 26.7 Å². The first-order chi connectivity index (χ1) is 8.10. The quantitative estimate of drug-likeness (QED) is 0.690. The Labute approximate surface area is 103 Å². The lowest BCUT2D eigenvalue weighted by Gasteiger charge is -2.30. The lowest BCUT2D eigenvalue weighted by atomic mass is 10.0. The molecule has 98 valence electrons. The van der Waals surface area contributed by atoms with Crippen LogP contribution in [0.25, 0.3) is 0 Å². The van der Waals surface area contributed by atoms with E-state index in [0.29, 0.717) is 13.2 Å². The number of ether oxygens (including phenoxy) is 1. The van der Waals surface area contributed by atoms with E-state index in [1.807, 2.05) is 0 Å². The molecule has 2 unspecified atom stereocenters. The van der Waals surface area contributed by atoms with Gasteiger partial charge in [-0.1, -0.05) is 26.0 Å². The molecule has 0 bridgehead atoms. The molecule has 1 aliphatic heterocycles. The number of carbonyl (C=O) groups is 1. The lowest BCUT2D eigenvalue weighted by molar-refractivity contribution is -0.143. The third-order valence-corrected chi connectivity index (χ3v) is 3.27. The Morgan fingerprint density at radius 3 is 2.71 bits per heavy atom. The first kappa shape index (κ1) is 14.2. The molecule has 17 heavy (non-hydrogen) atoms. The van der Waals surface area contributed by atoms with Crippen LogP contribution in [0.5, 0.6) is 0 Å². The fourth-order valence-electron chi connectivity index (χ4n) is 2.19. The van der Waals surface area contributed by atoms with E-state index in [-0.39, 0.29) is 6.04 Å². The van der Waals surface area contributed by atoms with Crippen molar-refractivity contribution in [1.82, 2.24) is 4.90 Å². The third-order valence-electron chi connectivity index (χ3n) is 3.27. The SMILES string of the molecule is C=C(CC)CN(CCC)C1COCC1C(=O)O. The summed E-state index contributed by atoms with van der Waals surface area (Å²) in [6.07, 6.45) is 1.95. The summed E-state index contributed by atoms with van der Waals surface area (Å²) >= 11 is 0. The molecule has 4 nitrogen and oxygen atoms in total. The fraction of sp³-hybridized carbons (Fsp3) is 0.769. The van der Waals surface area contributed by atoms with Gasteiger partial charge in [-0.15, -0.1) is 0 Å². The highest BCUT2D eigenvalue weighted by atomic mass is 16.5. The average molecular weight is 241 g/mol. The fourth-order valence-corrected chi connectivity index (χ4v) is 2.19. The van der Waals surface area contributed by atoms with Crippen molar-refractivity contribution in [1.29, 1.82) is 0 Å². The molecule has 0 amide bonds. The molecule has 0 aromatic heterocycles. The molecule has 0 aromatic carbocycles. The Morgan fingerprint density at radius 1 is 1.47 bits per heavy atom. The second kappa shape index (κ2) is 6.77. The molecule has 1 N–H and O–H groups in total. The number of nitrogens with zero attached hydrogens (tertiary/aromatic N) is 1. The van der Waals surface area contributed by atoms with Crippen LogP contribution in [0.3, 0.4) is 0 Å². The first-order valence-electron chi connectivity index (χ1n) is 6.31. The minimum atomic E-state index is -0.754. The minimum absolute atomic E-state index is 0.00394. The molecule has 1 fully saturated rings. The van der Waals surface area contributed by atoms with Gasteiger partial charge in [-0.3, -0.25) is 9.69 Å². The summed E-state index contributed by atoms with van der Waals surface area (Å²) in [5, 5.41) is 9.16. The molecule has 0 aliphatic carbocycles. The summed E-state index contributed by atoms with van der Waals surface area (Å²) in [7, 11) is 0.